The SMILES string of the molecule is CCOCc1ccccc1NC(=O)N[C@H]1CCCC[C@@H]1OC. The molecule has 2 amide bonds. The average molecular weight is 306 g/mol. The third-order valence-corrected chi connectivity index (χ3v) is 4.05. The Bertz CT molecular complexity index is 479. The van der Waals surface area contributed by atoms with Gasteiger partial charge in [0.05, 0.1) is 18.8 Å². The van der Waals surface area contributed by atoms with Crippen molar-refractivity contribution in [2.24, 2.45) is 0 Å². The lowest BCUT2D eigenvalue weighted by molar-refractivity contribution is 0.0459. The van der Waals surface area contributed by atoms with Gasteiger partial charge >= 0.3 is 6.03 Å². The summed E-state index contributed by atoms with van der Waals surface area (Å²) in [6.07, 6.45) is 4.37. The predicted molar refractivity (Wildman–Crippen MR) is 87.0 cm³/mol. The highest BCUT2D eigenvalue weighted by molar-refractivity contribution is 5.90. The first kappa shape index (κ1) is 16.8. The van der Waals surface area contributed by atoms with Crippen molar-refractivity contribution in [1.82, 2.24) is 5.32 Å². The summed E-state index contributed by atoms with van der Waals surface area (Å²) >= 11 is 0. The van der Waals surface area contributed by atoms with Gasteiger partial charge < -0.3 is 20.1 Å². The van der Waals surface area contributed by atoms with Gasteiger partial charge in [-0.05, 0) is 25.8 Å². The molecule has 5 heteroatoms. The molecule has 0 aliphatic heterocycles. The summed E-state index contributed by atoms with van der Waals surface area (Å²) in [6.45, 7) is 3.10. The number of carbonyl (C=O) groups is 1. The molecule has 2 rings (SSSR count). The molecule has 5 nitrogen and oxygen atoms in total. The van der Waals surface area contributed by atoms with Crippen molar-refractivity contribution in [2.75, 3.05) is 19.0 Å². The Hall–Kier alpha value is -1.59. The van der Waals surface area contributed by atoms with Crippen molar-refractivity contribution < 1.29 is 14.3 Å². The molecule has 22 heavy (non-hydrogen) atoms. The Morgan fingerprint density at radius 3 is 2.82 bits per heavy atom. The molecule has 0 unspecified atom stereocenters. The van der Waals surface area contributed by atoms with Crippen molar-refractivity contribution in [3.63, 3.8) is 0 Å². The fourth-order valence-electron chi connectivity index (χ4n) is 2.85. The number of carbonyl (C=O) groups excluding carboxylic acids is 1. The number of para-hydroxylation sites is 1. The average Bonchev–Trinajstić information content (AvgIpc) is 2.54. The Morgan fingerprint density at radius 1 is 1.27 bits per heavy atom. The molecule has 1 aliphatic carbocycles. The lowest BCUT2D eigenvalue weighted by atomic mass is 9.92. The molecule has 2 atom stereocenters. The second-order valence-electron chi connectivity index (χ2n) is 5.56. The van der Waals surface area contributed by atoms with E-state index in [4.69, 9.17) is 9.47 Å². The summed E-state index contributed by atoms with van der Waals surface area (Å²) in [5.74, 6) is 0. The van der Waals surface area contributed by atoms with E-state index in [0.717, 1.165) is 36.9 Å². The summed E-state index contributed by atoms with van der Waals surface area (Å²) < 4.78 is 10.9. The van der Waals surface area contributed by atoms with Crippen LogP contribution in [-0.2, 0) is 16.1 Å². The number of hydrogen-bond donors (Lipinski definition) is 2. The summed E-state index contributed by atoms with van der Waals surface area (Å²) in [4.78, 5) is 12.2. The minimum absolute atomic E-state index is 0.0813. The smallest absolute Gasteiger partial charge is 0.319 e. The number of urea groups is 1. The van der Waals surface area contributed by atoms with Crippen LogP contribution >= 0.6 is 0 Å². The number of amides is 2. The van der Waals surface area contributed by atoms with E-state index in [9.17, 15) is 4.79 Å². The van der Waals surface area contributed by atoms with E-state index in [0.29, 0.717) is 13.2 Å². The minimum atomic E-state index is -0.183. The molecule has 1 saturated carbocycles. The molecular weight excluding hydrogens is 280 g/mol. The summed E-state index contributed by atoms with van der Waals surface area (Å²) in [5, 5.41) is 5.96. The normalized spacial score (nSPS) is 21.4. The summed E-state index contributed by atoms with van der Waals surface area (Å²) in [5.41, 5.74) is 1.77. The lowest BCUT2D eigenvalue weighted by Gasteiger charge is -2.31. The number of anilines is 1. The monoisotopic (exact) mass is 306 g/mol. The molecule has 1 aliphatic rings. The number of rotatable bonds is 6. The van der Waals surface area contributed by atoms with E-state index < -0.39 is 0 Å². The van der Waals surface area contributed by atoms with E-state index in [1.165, 1.54) is 0 Å². The van der Waals surface area contributed by atoms with Gasteiger partial charge in [-0.25, -0.2) is 4.79 Å². The van der Waals surface area contributed by atoms with Crippen molar-refractivity contribution in [3.05, 3.63) is 29.8 Å². The highest BCUT2D eigenvalue weighted by atomic mass is 16.5. The van der Waals surface area contributed by atoms with Gasteiger partial charge in [0, 0.05) is 25.0 Å². The van der Waals surface area contributed by atoms with Crippen LogP contribution < -0.4 is 10.6 Å². The van der Waals surface area contributed by atoms with Crippen LogP contribution in [-0.4, -0.2) is 31.9 Å². The van der Waals surface area contributed by atoms with Gasteiger partial charge in [-0.1, -0.05) is 31.0 Å². The predicted octanol–water partition coefficient (Wildman–Crippen LogP) is 3.30. The standard InChI is InChI=1S/C17H26N2O3/c1-3-22-12-13-8-4-5-9-14(13)18-17(20)19-15-10-6-7-11-16(15)21-2/h4-5,8-9,15-16H,3,6-7,10-12H2,1-2H3,(H2,18,19,20)/t15-,16-/m0/s1. The third kappa shape index (κ3) is 4.71. The maximum absolute atomic E-state index is 12.2. The van der Waals surface area contributed by atoms with Crippen LogP contribution in [0.3, 0.4) is 0 Å². The molecule has 2 N–H and O–H groups in total. The Kier molecular flexibility index (Phi) is 6.68. The first-order valence-electron chi connectivity index (χ1n) is 8.00. The molecule has 0 heterocycles. The van der Waals surface area contributed by atoms with Crippen LogP contribution in [0.2, 0.25) is 0 Å². The van der Waals surface area contributed by atoms with E-state index in [1.54, 1.807) is 7.11 Å². The first-order chi connectivity index (χ1) is 10.7. The van der Waals surface area contributed by atoms with Crippen LogP contribution in [0.4, 0.5) is 10.5 Å². The quantitative estimate of drug-likeness (QED) is 0.847. The van der Waals surface area contributed by atoms with Crippen molar-refractivity contribution in [3.8, 4) is 0 Å². The molecule has 0 saturated heterocycles. The number of nitrogens with one attached hydrogen (secondary N) is 2. The van der Waals surface area contributed by atoms with Gasteiger partial charge in [0.2, 0.25) is 0 Å². The fourth-order valence-corrected chi connectivity index (χ4v) is 2.85. The van der Waals surface area contributed by atoms with E-state index >= 15 is 0 Å². The Morgan fingerprint density at radius 2 is 2.05 bits per heavy atom. The molecule has 0 radical (unpaired) electrons. The molecule has 0 aromatic heterocycles. The first-order valence-corrected chi connectivity index (χ1v) is 8.00. The van der Waals surface area contributed by atoms with Gasteiger partial charge in [-0.3, -0.25) is 0 Å². The maximum atomic E-state index is 12.2. The van der Waals surface area contributed by atoms with E-state index in [2.05, 4.69) is 10.6 Å². The third-order valence-electron chi connectivity index (χ3n) is 4.05. The molecule has 1 fully saturated rings. The van der Waals surface area contributed by atoms with Crippen LogP contribution in [0, 0.1) is 0 Å². The molecule has 1 aromatic carbocycles. The highest BCUT2D eigenvalue weighted by Gasteiger charge is 2.26. The topological polar surface area (TPSA) is 59.6 Å². The zero-order valence-electron chi connectivity index (χ0n) is 13.4. The van der Waals surface area contributed by atoms with Crippen LogP contribution in [0.15, 0.2) is 24.3 Å². The molecule has 1 aromatic rings. The van der Waals surface area contributed by atoms with Crippen molar-refractivity contribution in [1.29, 1.82) is 0 Å². The number of ether oxygens (including phenoxy) is 2. The van der Waals surface area contributed by atoms with Gasteiger partial charge in [-0.2, -0.15) is 0 Å². The number of benzene rings is 1. The fraction of sp³-hybridized carbons (Fsp3) is 0.588. The van der Waals surface area contributed by atoms with Gasteiger partial charge in [0.1, 0.15) is 0 Å². The largest absolute Gasteiger partial charge is 0.379 e. The minimum Gasteiger partial charge on any atom is -0.379 e. The Balaban J connectivity index is 1.94. The number of methoxy groups -OCH3 is 1. The van der Waals surface area contributed by atoms with Crippen LogP contribution in [0.1, 0.15) is 38.2 Å². The van der Waals surface area contributed by atoms with Crippen molar-refractivity contribution in [2.45, 2.75) is 51.4 Å². The second-order valence-corrected chi connectivity index (χ2v) is 5.56. The van der Waals surface area contributed by atoms with Gasteiger partial charge in [0.25, 0.3) is 0 Å². The Labute approximate surface area is 132 Å². The molecule has 0 spiro atoms. The van der Waals surface area contributed by atoms with E-state index in [-0.39, 0.29) is 18.2 Å². The maximum Gasteiger partial charge on any atom is 0.319 e. The lowest BCUT2D eigenvalue weighted by Crippen LogP contribution is -2.47. The van der Waals surface area contributed by atoms with Crippen molar-refractivity contribution >= 4 is 11.7 Å². The second kappa shape index (κ2) is 8.76. The van der Waals surface area contributed by atoms with Gasteiger partial charge in [0.15, 0.2) is 0 Å². The molecule has 122 valence electrons. The molecular formula is C17H26N2O3. The van der Waals surface area contributed by atoms with Crippen LogP contribution in [0.25, 0.3) is 0 Å². The molecule has 0 bridgehead atoms. The van der Waals surface area contributed by atoms with E-state index in [1.807, 2.05) is 31.2 Å². The zero-order valence-corrected chi connectivity index (χ0v) is 13.4. The van der Waals surface area contributed by atoms with Gasteiger partial charge in [-0.15, -0.1) is 0 Å². The zero-order chi connectivity index (χ0) is 15.8. The highest BCUT2D eigenvalue weighted by Crippen LogP contribution is 2.21. The summed E-state index contributed by atoms with van der Waals surface area (Å²) in [6, 6.07) is 7.60. The number of hydrogen-bond acceptors (Lipinski definition) is 3. The van der Waals surface area contributed by atoms with Crippen LogP contribution in [0.5, 0.6) is 0 Å². The summed E-state index contributed by atoms with van der Waals surface area (Å²) in [7, 11) is 1.71.